The van der Waals surface area contributed by atoms with Crippen LogP contribution in [0.4, 0.5) is 0 Å². The molecular formula is C13H22BrClN4. The Morgan fingerprint density at radius 1 is 1.37 bits per heavy atom. The summed E-state index contributed by atoms with van der Waals surface area (Å²) in [6.45, 7) is 5.91. The molecule has 0 amide bonds. The van der Waals surface area contributed by atoms with Crippen LogP contribution in [0.1, 0.15) is 25.0 Å². The van der Waals surface area contributed by atoms with Crippen molar-refractivity contribution in [2.45, 2.75) is 25.8 Å². The number of halogens is 2. The first-order chi connectivity index (χ1) is 8.69. The molecule has 2 saturated heterocycles. The molecule has 2 aliphatic heterocycles. The first kappa shape index (κ1) is 15.3. The fourth-order valence-corrected chi connectivity index (χ4v) is 3.83. The molecule has 108 valence electrons. The van der Waals surface area contributed by atoms with Gasteiger partial charge in [0, 0.05) is 20.1 Å². The Morgan fingerprint density at radius 2 is 2.11 bits per heavy atom. The molecule has 1 aromatic heterocycles. The van der Waals surface area contributed by atoms with Gasteiger partial charge in [-0.25, -0.2) is 0 Å². The molecule has 0 aromatic carbocycles. The van der Waals surface area contributed by atoms with Crippen LogP contribution in [0.15, 0.2) is 10.7 Å². The van der Waals surface area contributed by atoms with Crippen molar-refractivity contribution in [3.05, 3.63) is 16.4 Å². The quantitative estimate of drug-likeness (QED) is 0.888. The van der Waals surface area contributed by atoms with Crippen molar-refractivity contribution in [2.75, 3.05) is 26.2 Å². The Balaban J connectivity index is 0.00000133. The predicted molar refractivity (Wildman–Crippen MR) is 82.6 cm³/mol. The lowest BCUT2D eigenvalue weighted by Crippen LogP contribution is -2.38. The van der Waals surface area contributed by atoms with Crippen LogP contribution in [0.25, 0.3) is 0 Å². The summed E-state index contributed by atoms with van der Waals surface area (Å²) in [5, 5.41) is 7.77. The van der Waals surface area contributed by atoms with Gasteiger partial charge in [-0.3, -0.25) is 9.58 Å². The Hall–Kier alpha value is -0.100. The highest BCUT2D eigenvalue weighted by molar-refractivity contribution is 9.10. The van der Waals surface area contributed by atoms with Gasteiger partial charge in [0.2, 0.25) is 0 Å². The van der Waals surface area contributed by atoms with E-state index in [0.29, 0.717) is 5.41 Å². The maximum atomic E-state index is 4.30. The molecule has 1 N–H and O–H groups in total. The number of aryl methyl sites for hydroxylation is 1. The Labute approximate surface area is 129 Å². The van der Waals surface area contributed by atoms with Crippen LogP contribution in [-0.4, -0.2) is 40.9 Å². The second kappa shape index (κ2) is 6.12. The van der Waals surface area contributed by atoms with Gasteiger partial charge in [-0.1, -0.05) is 0 Å². The fraction of sp³-hybridized carbons (Fsp3) is 0.769. The van der Waals surface area contributed by atoms with Crippen LogP contribution < -0.4 is 5.32 Å². The van der Waals surface area contributed by atoms with Crippen molar-refractivity contribution in [3.8, 4) is 0 Å². The van der Waals surface area contributed by atoms with Crippen LogP contribution in [0.2, 0.25) is 0 Å². The van der Waals surface area contributed by atoms with E-state index in [0.717, 1.165) is 11.0 Å². The highest BCUT2D eigenvalue weighted by Crippen LogP contribution is 2.39. The minimum atomic E-state index is 0. The molecule has 1 spiro atoms. The summed E-state index contributed by atoms with van der Waals surface area (Å²) in [6, 6.07) is 0. The third-order valence-electron chi connectivity index (χ3n) is 4.57. The SMILES string of the molecule is Cl.Cn1ncc(Br)c1CN1CCC2(CCNCC2)C1. The van der Waals surface area contributed by atoms with Crippen LogP contribution in [-0.2, 0) is 13.6 Å². The maximum Gasteiger partial charge on any atom is 0.0663 e. The van der Waals surface area contributed by atoms with Crippen LogP contribution in [0.5, 0.6) is 0 Å². The normalized spacial score (nSPS) is 22.6. The van der Waals surface area contributed by atoms with Crippen molar-refractivity contribution in [2.24, 2.45) is 12.5 Å². The Morgan fingerprint density at radius 3 is 2.74 bits per heavy atom. The number of nitrogens with zero attached hydrogens (tertiary/aromatic N) is 3. The second-order valence-corrected chi connectivity index (χ2v) is 6.63. The molecule has 1 aromatic rings. The van der Waals surface area contributed by atoms with E-state index in [1.807, 2.05) is 17.9 Å². The van der Waals surface area contributed by atoms with Crippen molar-refractivity contribution >= 4 is 28.3 Å². The van der Waals surface area contributed by atoms with E-state index in [1.165, 1.54) is 51.1 Å². The van der Waals surface area contributed by atoms with Gasteiger partial charge in [0.05, 0.1) is 16.4 Å². The van der Waals surface area contributed by atoms with E-state index in [9.17, 15) is 0 Å². The van der Waals surface area contributed by atoms with Gasteiger partial charge in [0.1, 0.15) is 0 Å². The van der Waals surface area contributed by atoms with Crippen molar-refractivity contribution in [1.29, 1.82) is 0 Å². The van der Waals surface area contributed by atoms with Crippen molar-refractivity contribution in [1.82, 2.24) is 20.0 Å². The molecule has 0 saturated carbocycles. The minimum absolute atomic E-state index is 0. The number of hydrogen-bond acceptors (Lipinski definition) is 3. The summed E-state index contributed by atoms with van der Waals surface area (Å²) < 4.78 is 3.12. The molecule has 2 aliphatic rings. The molecule has 2 fully saturated rings. The van der Waals surface area contributed by atoms with E-state index in [-0.39, 0.29) is 12.4 Å². The van der Waals surface area contributed by atoms with Crippen molar-refractivity contribution < 1.29 is 0 Å². The number of hydrogen-bond donors (Lipinski definition) is 1. The second-order valence-electron chi connectivity index (χ2n) is 5.77. The van der Waals surface area contributed by atoms with Crippen LogP contribution >= 0.6 is 28.3 Å². The van der Waals surface area contributed by atoms with Crippen LogP contribution in [0, 0.1) is 5.41 Å². The monoisotopic (exact) mass is 348 g/mol. The average molecular weight is 350 g/mol. The lowest BCUT2D eigenvalue weighted by atomic mass is 9.78. The number of aromatic nitrogens is 2. The van der Waals surface area contributed by atoms with Gasteiger partial charge in [-0.05, 0) is 60.2 Å². The standard InChI is InChI=1S/C13H21BrN4.ClH/c1-17-12(11(14)8-16-17)9-18-7-4-13(10-18)2-5-15-6-3-13;/h8,15H,2-7,9-10H2,1H3;1H. The molecule has 0 unspecified atom stereocenters. The molecule has 3 rings (SSSR count). The zero-order valence-electron chi connectivity index (χ0n) is 11.4. The number of rotatable bonds is 2. The van der Waals surface area contributed by atoms with E-state index in [1.54, 1.807) is 0 Å². The predicted octanol–water partition coefficient (Wildman–Crippen LogP) is 2.18. The Bertz CT molecular complexity index is 409. The smallest absolute Gasteiger partial charge is 0.0663 e. The summed E-state index contributed by atoms with van der Waals surface area (Å²) in [4.78, 5) is 2.59. The number of nitrogens with one attached hydrogen (secondary N) is 1. The maximum absolute atomic E-state index is 4.30. The number of piperidine rings is 1. The molecule has 3 heterocycles. The van der Waals surface area contributed by atoms with Gasteiger partial charge in [0.15, 0.2) is 0 Å². The first-order valence-corrected chi connectivity index (χ1v) is 7.57. The zero-order chi connectivity index (χ0) is 12.6. The summed E-state index contributed by atoms with van der Waals surface area (Å²) in [7, 11) is 2.02. The fourth-order valence-electron chi connectivity index (χ4n) is 3.35. The lowest BCUT2D eigenvalue weighted by Gasteiger charge is -2.33. The average Bonchev–Trinajstić information content (AvgIpc) is 2.89. The molecule has 4 nitrogen and oxygen atoms in total. The molecule has 0 bridgehead atoms. The van der Waals surface area contributed by atoms with Gasteiger partial charge < -0.3 is 5.32 Å². The van der Waals surface area contributed by atoms with Crippen LogP contribution in [0.3, 0.4) is 0 Å². The van der Waals surface area contributed by atoms with Gasteiger partial charge in [0.25, 0.3) is 0 Å². The number of likely N-dealkylation sites (tertiary alicyclic amines) is 1. The third kappa shape index (κ3) is 3.15. The van der Waals surface area contributed by atoms with Gasteiger partial charge >= 0.3 is 0 Å². The third-order valence-corrected chi connectivity index (χ3v) is 5.23. The van der Waals surface area contributed by atoms with E-state index >= 15 is 0 Å². The summed E-state index contributed by atoms with van der Waals surface area (Å²) >= 11 is 3.59. The van der Waals surface area contributed by atoms with E-state index in [2.05, 4.69) is 31.2 Å². The summed E-state index contributed by atoms with van der Waals surface area (Å²) in [6.07, 6.45) is 5.95. The molecule has 6 heteroatoms. The van der Waals surface area contributed by atoms with E-state index in [4.69, 9.17) is 0 Å². The zero-order valence-corrected chi connectivity index (χ0v) is 13.8. The molecular weight excluding hydrogens is 328 g/mol. The van der Waals surface area contributed by atoms with Gasteiger partial charge in [-0.15, -0.1) is 12.4 Å². The highest BCUT2D eigenvalue weighted by atomic mass is 79.9. The summed E-state index contributed by atoms with van der Waals surface area (Å²) in [5.74, 6) is 0. The Kier molecular flexibility index (Phi) is 4.93. The highest BCUT2D eigenvalue weighted by Gasteiger charge is 2.38. The lowest BCUT2D eigenvalue weighted by molar-refractivity contribution is 0.192. The largest absolute Gasteiger partial charge is 0.317 e. The van der Waals surface area contributed by atoms with E-state index < -0.39 is 0 Å². The minimum Gasteiger partial charge on any atom is -0.317 e. The van der Waals surface area contributed by atoms with Crippen molar-refractivity contribution in [3.63, 3.8) is 0 Å². The summed E-state index contributed by atoms with van der Waals surface area (Å²) in [5.41, 5.74) is 1.89. The molecule has 19 heavy (non-hydrogen) atoms. The molecule has 0 atom stereocenters. The first-order valence-electron chi connectivity index (χ1n) is 6.78. The van der Waals surface area contributed by atoms with Gasteiger partial charge in [-0.2, -0.15) is 5.10 Å². The topological polar surface area (TPSA) is 33.1 Å². The molecule has 0 aliphatic carbocycles. The molecule has 0 radical (unpaired) electrons.